The van der Waals surface area contributed by atoms with Crippen molar-refractivity contribution in [2.24, 2.45) is 23.7 Å². The zero-order valence-corrected chi connectivity index (χ0v) is 68.3. The molecule has 0 aromatic heterocycles. The summed E-state index contributed by atoms with van der Waals surface area (Å²) in [4.78, 5) is 73.1. The number of unbranched alkanes of at least 4 members (excludes halogenated alkanes) is 45. The van der Waals surface area contributed by atoms with E-state index < -0.39 is 97.5 Å². The van der Waals surface area contributed by atoms with Gasteiger partial charge in [-0.15, -0.1) is 0 Å². The predicted molar refractivity (Wildman–Crippen MR) is 414 cm³/mol. The third-order valence-electron chi connectivity index (χ3n) is 19.1. The van der Waals surface area contributed by atoms with E-state index in [0.29, 0.717) is 31.6 Å². The monoisotopic (exact) mass is 1480 g/mol. The highest BCUT2D eigenvalue weighted by atomic mass is 31.2. The van der Waals surface area contributed by atoms with Gasteiger partial charge in [-0.3, -0.25) is 37.3 Å². The molecule has 3 unspecified atom stereocenters. The van der Waals surface area contributed by atoms with E-state index in [1.807, 2.05) is 0 Å². The summed E-state index contributed by atoms with van der Waals surface area (Å²) in [5.41, 5.74) is 0. The Morgan fingerprint density at radius 3 is 0.614 bits per heavy atom. The molecule has 0 saturated carbocycles. The molecule has 0 aromatic carbocycles. The normalized spacial score (nSPS) is 14.0. The van der Waals surface area contributed by atoms with Gasteiger partial charge in [0.2, 0.25) is 0 Å². The molecule has 0 rings (SSSR count). The number of carbonyl (C=O) groups excluding carboxylic acids is 4. The van der Waals surface area contributed by atoms with E-state index in [2.05, 4.69) is 55.4 Å². The van der Waals surface area contributed by atoms with Crippen LogP contribution in [0.2, 0.25) is 0 Å². The molecule has 0 aromatic rings. The van der Waals surface area contributed by atoms with E-state index >= 15 is 0 Å². The number of rotatable bonds is 79. The third kappa shape index (κ3) is 76.1. The van der Waals surface area contributed by atoms with Crippen molar-refractivity contribution in [2.45, 2.75) is 440 Å². The van der Waals surface area contributed by atoms with E-state index in [1.165, 1.54) is 218 Å². The lowest BCUT2D eigenvalue weighted by atomic mass is 10.0. The molecule has 19 heteroatoms. The molecule has 0 aliphatic heterocycles. The van der Waals surface area contributed by atoms with E-state index in [4.69, 9.17) is 37.0 Å². The van der Waals surface area contributed by atoms with Gasteiger partial charge in [-0.25, -0.2) is 9.13 Å². The molecule has 5 atom stereocenters. The van der Waals surface area contributed by atoms with Gasteiger partial charge in [0.25, 0.3) is 0 Å². The van der Waals surface area contributed by atoms with Gasteiger partial charge >= 0.3 is 39.5 Å². The second-order valence-corrected chi connectivity index (χ2v) is 34.3. The van der Waals surface area contributed by atoms with Gasteiger partial charge in [-0.2, -0.15) is 0 Å². The first kappa shape index (κ1) is 99.1. The van der Waals surface area contributed by atoms with Gasteiger partial charge < -0.3 is 33.8 Å². The van der Waals surface area contributed by atoms with Crippen molar-refractivity contribution >= 4 is 39.5 Å². The number of carbonyl (C=O) groups is 4. The molecular formula is C82H160O17P2. The predicted octanol–water partition coefficient (Wildman–Crippen LogP) is 24.4. The third-order valence-corrected chi connectivity index (χ3v) is 21.0. The first-order chi connectivity index (χ1) is 48.6. The standard InChI is InChI=1S/C82H160O17P2/c1-72(2)58-50-42-34-27-21-15-11-9-13-17-24-30-38-46-54-62-79(84)92-68-77(98-82(87)65-57-49-40-32-26-20-19-23-29-36-44-52-60-74(5)6)70-96-100(88,89)94-66-76(83)67-95-101(90,91)97-71-78(69-93-80(85)63-55-47-41-33-37-45-53-61-75(7)8)99-81(86)64-56-48-39-31-25-18-14-10-12-16-22-28-35-43-51-59-73(3)4/h72-78,83H,9-71H2,1-8H3,(H,88,89)(H,90,91)/t76?,77-,78-/m1/s1. The smallest absolute Gasteiger partial charge is 0.462 e. The van der Waals surface area contributed by atoms with Crippen LogP contribution in [0.3, 0.4) is 0 Å². The van der Waals surface area contributed by atoms with Crippen LogP contribution in [0, 0.1) is 23.7 Å². The molecule has 600 valence electrons. The Labute approximate surface area is 619 Å². The lowest BCUT2D eigenvalue weighted by molar-refractivity contribution is -0.161. The van der Waals surface area contributed by atoms with E-state index in [1.54, 1.807) is 0 Å². The summed E-state index contributed by atoms with van der Waals surface area (Å²) in [5, 5.41) is 10.6. The zero-order chi connectivity index (χ0) is 74.6. The number of phosphoric ester groups is 2. The minimum absolute atomic E-state index is 0.107. The van der Waals surface area contributed by atoms with Gasteiger partial charge in [-0.05, 0) is 49.4 Å². The second-order valence-electron chi connectivity index (χ2n) is 31.4. The van der Waals surface area contributed by atoms with Crippen LogP contribution < -0.4 is 0 Å². The number of aliphatic hydroxyl groups is 1. The van der Waals surface area contributed by atoms with Crippen LogP contribution in [0.15, 0.2) is 0 Å². The van der Waals surface area contributed by atoms with Crippen LogP contribution in [-0.2, 0) is 65.4 Å². The summed E-state index contributed by atoms with van der Waals surface area (Å²) in [6.45, 7) is 14.3. The van der Waals surface area contributed by atoms with Crippen molar-refractivity contribution in [1.29, 1.82) is 0 Å². The number of hydrogen-bond donors (Lipinski definition) is 3. The lowest BCUT2D eigenvalue weighted by Gasteiger charge is -2.21. The molecule has 0 aliphatic rings. The quantitative estimate of drug-likeness (QED) is 0.0222. The molecule has 0 radical (unpaired) electrons. The Morgan fingerprint density at radius 2 is 0.416 bits per heavy atom. The number of ether oxygens (including phenoxy) is 4. The second kappa shape index (κ2) is 71.0. The average molecular weight is 1480 g/mol. The molecule has 101 heavy (non-hydrogen) atoms. The van der Waals surface area contributed by atoms with E-state index in [0.717, 1.165) is 114 Å². The zero-order valence-electron chi connectivity index (χ0n) is 66.5. The Hall–Kier alpha value is -1.94. The van der Waals surface area contributed by atoms with Crippen molar-refractivity contribution in [3.63, 3.8) is 0 Å². The molecule has 3 N–H and O–H groups in total. The topological polar surface area (TPSA) is 237 Å². The van der Waals surface area contributed by atoms with Crippen molar-refractivity contribution in [3.05, 3.63) is 0 Å². The SMILES string of the molecule is CC(C)CCCCCCCCCCCCCCCCCC(=O)OC[C@H](COP(=O)(O)OCC(O)COP(=O)(O)OC[C@@H](COC(=O)CCCCCCCCCC(C)C)OC(=O)CCCCCCCCCCCCCCCCCC(C)C)OC(=O)CCCCCCCCCCCCCCC(C)C. The highest BCUT2D eigenvalue weighted by Crippen LogP contribution is 2.45. The summed E-state index contributed by atoms with van der Waals surface area (Å²) in [6, 6.07) is 0. The van der Waals surface area contributed by atoms with Gasteiger partial charge in [0.1, 0.15) is 19.3 Å². The molecule has 0 amide bonds. The highest BCUT2D eigenvalue weighted by molar-refractivity contribution is 7.47. The largest absolute Gasteiger partial charge is 0.472 e. The highest BCUT2D eigenvalue weighted by Gasteiger charge is 2.30. The maximum Gasteiger partial charge on any atom is 0.472 e. The Morgan fingerprint density at radius 1 is 0.248 bits per heavy atom. The molecule has 0 bridgehead atoms. The van der Waals surface area contributed by atoms with Crippen LogP contribution in [0.5, 0.6) is 0 Å². The number of hydrogen-bond acceptors (Lipinski definition) is 15. The molecular weight excluding hydrogens is 1320 g/mol. The number of phosphoric acid groups is 2. The van der Waals surface area contributed by atoms with Gasteiger partial charge in [0.05, 0.1) is 26.4 Å². The molecule has 0 heterocycles. The summed E-state index contributed by atoms with van der Waals surface area (Å²) in [6.07, 6.45) is 58.3. The Bertz CT molecular complexity index is 1970. The molecule has 17 nitrogen and oxygen atoms in total. The van der Waals surface area contributed by atoms with Crippen molar-refractivity contribution in [2.75, 3.05) is 39.6 Å². The summed E-state index contributed by atoms with van der Waals surface area (Å²) >= 11 is 0. The maximum absolute atomic E-state index is 13.1. The molecule has 0 saturated heterocycles. The number of aliphatic hydroxyl groups excluding tert-OH is 1. The molecule has 0 aliphatic carbocycles. The first-order valence-corrected chi connectivity index (χ1v) is 45.2. The van der Waals surface area contributed by atoms with Crippen molar-refractivity contribution in [1.82, 2.24) is 0 Å². The van der Waals surface area contributed by atoms with Crippen LogP contribution in [0.4, 0.5) is 0 Å². The fraction of sp³-hybridized carbons (Fsp3) is 0.951. The minimum Gasteiger partial charge on any atom is -0.462 e. The summed E-state index contributed by atoms with van der Waals surface area (Å²) in [7, 11) is -9.92. The van der Waals surface area contributed by atoms with E-state index in [-0.39, 0.29) is 25.7 Å². The van der Waals surface area contributed by atoms with Crippen molar-refractivity contribution in [3.8, 4) is 0 Å². The first-order valence-electron chi connectivity index (χ1n) is 42.2. The minimum atomic E-state index is -4.96. The molecule has 0 spiro atoms. The van der Waals surface area contributed by atoms with E-state index in [9.17, 15) is 43.2 Å². The van der Waals surface area contributed by atoms with Gasteiger partial charge in [-0.1, -0.05) is 370 Å². The van der Waals surface area contributed by atoms with Crippen LogP contribution in [-0.4, -0.2) is 96.7 Å². The number of esters is 4. The fourth-order valence-electron chi connectivity index (χ4n) is 12.6. The molecule has 0 fully saturated rings. The summed E-state index contributed by atoms with van der Waals surface area (Å²) < 4.78 is 68.7. The van der Waals surface area contributed by atoms with Crippen LogP contribution >= 0.6 is 15.6 Å². The van der Waals surface area contributed by atoms with Crippen LogP contribution in [0.1, 0.15) is 421 Å². The van der Waals surface area contributed by atoms with Crippen LogP contribution in [0.25, 0.3) is 0 Å². The average Bonchev–Trinajstić information content (AvgIpc) is 0.952. The van der Waals surface area contributed by atoms with Gasteiger partial charge in [0.15, 0.2) is 12.2 Å². The fourth-order valence-corrected chi connectivity index (χ4v) is 14.2. The maximum atomic E-state index is 13.1. The lowest BCUT2D eigenvalue weighted by Crippen LogP contribution is -2.30. The Kier molecular flexibility index (Phi) is 69.6. The Balaban J connectivity index is 5.23. The van der Waals surface area contributed by atoms with Crippen molar-refractivity contribution < 1.29 is 80.2 Å². The van der Waals surface area contributed by atoms with Gasteiger partial charge in [0, 0.05) is 25.7 Å². The summed E-state index contributed by atoms with van der Waals surface area (Å²) in [5.74, 6) is 0.978.